The van der Waals surface area contributed by atoms with Gasteiger partial charge in [-0.1, -0.05) is 30.3 Å². The minimum atomic E-state index is -0.825. The lowest BCUT2D eigenvalue weighted by Gasteiger charge is -2.37. The predicted octanol–water partition coefficient (Wildman–Crippen LogP) is 1.37. The number of hydrogen-bond donors (Lipinski definition) is 2. The summed E-state index contributed by atoms with van der Waals surface area (Å²) in [6.45, 7) is 2.54. The molecule has 1 aromatic rings. The number of benzene rings is 1. The second-order valence-corrected chi connectivity index (χ2v) is 8.47. The summed E-state index contributed by atoms with van der Waals surface area (Å²) >= 11 is 0. The fraction of sp³-hybridized carbons (Fsp3) is 0.591. The number of likely N-dealkylation sites (tertiary alicyclic amines) is 2. The second-order valence-electron chi connectivity index (χ2n) is 8.47. The first-order chi connectivity index (χ1) is 15.1. The van der Waals surface area contributed by atoms with E-state index in [1.165, 1.54) is 10.5 Å². The fourth-order valence-electron chi connectivity index (χ4n) is 4.78. The number of carbonyl (C=O) groups is 3. The highest BCUT2D eigenvalue weighted by molar-refractivity contribution is 5.88. The van der Waals surface area contributed by atoms with Crippen molar-refractivity contribution in [2.24, 2.45) is 11.8 Å². The van der Waals surface area contributed by atoms with Gasteiger partial charge in [0.1, 0.15) is 6.10 Å². The summed E-state index contributed by atoms with van der Waals surface area (Å²) in [5.74, 6) is -1.88. The van der Waals surface area contributed by atoms with Gasteiger partial charge in [-0.2, -0.15) is 0 Å². The minimum Gasteiger partial charge on any atom is -0.444 e. The van der Waals surface area contributed by atoms with E-state index in [4.69, 9.17) is 9.47 Å². The Hall–Kier alpha value is -2.65. The molecule has 0 aliphatic carbocycles. The van der Waals surface area contributed by atoms with Crippen molar-refractivity contribution in [1.29, 1.82) is 0 Å². The van der Waals surface area contributed by atoms with Crippen LogP contribution >= 0.6 is 0 Å². The third-order valence-electron chi connectivity index (χ3n) is 6.56. The van der Waals surface area contributed by atoms with Crippen molar-refractivity contribution >= 4 is 17.9 Å². The van der Waals surface area contributed by atoms with Crippen LogP contribution in [-0.2, 0) is 19.1 Å². The smallest absolute Gasteiger partial charge is 0.410 e. The molecule has 0 unspecified atom stereocenters. The molecule has 3 fully saturated rings. The molecule has 1 aromatic carbocycles. The van der Waals surface area contributed by atoms with Crippen LogP contribution in [0, 0.1) is 11.8 Å². The van der Waals surface area contributed by atoms with Crippen molar-refractivity contribution < 1.29 is 29.1 Å². The van der Waals surface area contributed by atoms with Gasteiger partial charge in [0.2, 0.25) is 11.8 Å². The van der Waals surface area contributed by atoms with Crippen LogP contribution in [-0.4, -0.2) is 78.4 Å². The van der Waals surface area contributed by atoms with E-state index in [1.807, 2.05) is 23.1 Å². The Morgan fingerprint density at radius 1 is 1.00 bits per heavy atom. The highest BCUT2D eigenvalue weighted by atomic mass is 16.6. The Morgan fingerprint density at radius 2 is 1.77 bits per heavy atom. The molecule has 3 amide bonds. The van der Waals surface area contributed by atoms with Crippen molar-refractivity contribution in [3.63, 3.8) is 0 Å². The second kappa shape index (κ2) is 9.65. The number of carbonyl (C=O) groups excluding carboxylic acids is 3. The zero-order chi connectivity index (χ0) is 21.8. The first-order valence-electron chi connectivity index (χ1n) is 10.9. The predicted molar refractivity (Wildman–Crippen MR) is 109 cm³/mol. The van der Waals surface area contributed by atoms with Crippen LogP contribution in [0.15, 0.2) is 30.3 Å². The number of hydroxylamine groups is 1. The van der Waals surface area contributed by atoms with Crippen LogP contribution in [0.4, 0.5) is 4.79 Å². The molecule has 9 heteroatoms. The topological polar surface area (TPSA) is 108 Å². The standard InChI is InChI=1S/C22H29N3O6/c26-20(23-29)19-13-25(22(28)31-17-8-11-30-14-17)10-7-18(19)21(27)24-9-6-16(12-24)15-4-2-1-3-5-15/h1-5,16-19,29H,6-14H2,(H,23,26)/t16-,17-,18-,19-/m0/s1. The first-order valence-corrected chi connectivity index (χ1v) is 10.9. The van der Waals surface area contributed by atoms with Crippen molar-refractivity contribution in [2.45, 2.75) is 31.3 Å². The van der Waals surface area contributed by atoms with Gasteiger partial charge in [-0.25, -0.2) is 10.3 Å². The molecule has 0 bridgehead atoms. The van der Waals surface area contributed by atoms with Crippen LogP contribution in [0.2, 0.25) is 0 Å². The lowest BCUT2D eigenvalue weighted by atomic mass is 9.84. The number of rotatable bonds is 4. The lowest BCUT2D eigenvalue weighted by Crippen LogP contribution is -2.53. The van der Waals surface area contributed by atoms with Gasteiger partial charge in [-0.3, -0.25) is 14.8 Å². The summed E-state index contributed by atoms with van der Waals surface area (Å²) in [6.07, 6.45) is 1.08. The van der Waals surface area contributed by atoms with E-state index in [2.05, 4.69) is 12.1 Å². The SMILES string of the molecule is O=C(NO)[C@H]1CN(C(=O)O[C@H]2CCOC2)CC[C@@H]1C(=O)N1CC[C@H](c2ccccc2)C1. The Kier molecular flexibility index (Phi) is 6.72. The Balaban J connectivity index is 1.39. The number of nitrogens with zero attached hydrogens (tertiary/aromatic N) is 2. The van der Waals surface area contributed by atoms with Gasteiger partial charge in [-0.15, -0.1) is 0 Å². The van der Waals surface area contributed by atoms with E-state index >= 15 is 0 Å². The van der Waals surface area contributed by atoms with E-state index in [9.17, 15) is 19.6 Å². The highest BCUT2D eigenvalue weighted by Gasteiger charge is 2.43. The summed E-state index contributed by atoms with van der Waals surface area (Å²) in [4.78, 5) is 41.4. The lowest BCUT2D eigenvalue weighted by molar-refractivity contribution is -0.147. The first kappa shape index (κ1) is 21.6. The number of hydrogen-bond acceptors (Lipinski definition) is 6. The Bertz CT molecular complexity index is 798. The van der Waals surface area contributed by atoms with Crippen LogP contribution in [0.3, 0.4) is 0 Å². The van der Waals surface area contributed by atoms with Gasteiger partial charge in [0.25, 0.3) is 0 Å². The Labute approximate surface area is 181 Å². The molecule has 3 saturated heterocycles. The average molecular weight is 431 g/mol. The molecular weight excluding hydrogens is 402 g/mol. The van der Waals surface area contributed by atoms with Crippen LogP contribution in [0.1, 0.15) is 30.7 Å². The van der Waals surface area contributed by atoms with E-state index in [0.717, 1.165) is 6.42 Å². The molecule has 2 N–H and O–H groups in total. The van der Waals surface area contributed by atoms with Gasteiger partial charge in [0.15, 0.2) is 0 Å². The molecule has 31 heavy (non-hydrogen) atoms. The van der Waals surface area contributed by atoms with Crippen molar-refractivity contribution in [3.8, 4) is 0 Å². The number of ether oxygens (including phenoxy) is 2. The zero-order valence-corrected chi connectivity index (χ0v) is 17.4. The van der Waals surface area contributed by atoms with E-state index in [-0.39, 0.29) is 24.5 Å². The third-order valence-corrected chi connectivity index (χ3v) is 6.56. The fourth-order valence-corrected chi connectivity index (χ4v) is 4.78. The molecule has 4 atom stereocenters. The molecule has 0 radical (unpaired) electrons. The van der Waals surface area contributed by atoms with Crippen LogP contribution < -0.4 is 5.48 Å². The summed E-state index contributed by atoms with van der Waals surface area (Å²) in [5.41, 5.74) is 2.87. The minimum absolute atomic E-state index is 0.0329. The summed E-state index contributed by atoms with van der Waals surface area (Å²) in [5, 5.41) is 9.22. The van der Waals surface area contributed by atoms with Gasteiger partial charge in [0.05, 0.1) is 25.0 Å². The van der Waals surface area contributed by atoms with Gasteiger partial charge in [-0.05, 0) is 18.4 Å². The van der Waals surface area contributed by atoms with Crippen molar-refractivity contribution in [2.75, 3.05) is 39.4 Å². The van der Waals surface area contributed by atoms with Gasteiger partial charge in [0, 0.05) is 38.5 Å². The molecule has 0 spiro atoms. The number of nitrogens with one attached hydrogen (secondary N) is 1. The molecule has 0 saturated carbocycles. The maximum absolute atomic E-state index is 13.3. The maximum Gasteiger partial charge on any atom is 0.410 e. The quantitative estimate of drug-likeness (QED) is 0.551. The molecule has 3 aliphatic heterocycles. The van der Waals surface area contributed by atoms with Crippen molar-refractivity contribution in [3.05, 3.63) is 35.9 Å². The highest BCUT2D eigenvalue weighted by Crippen LogP contribution is 2.32. The number of piperidine rings is 1. The summed E-state index contributed by atoms with van der Waals surface area (Å²) in [7, 11) is 0. The van der Waals surface area contributed by atoms with Gasteiger partial charge >= 0.3 is 6.09 Å². The molecule has 168 valence electrons. The molecule has 0 aromatic heterocycles. The number of amides is 3. The summed E-state index contributed by atoms with van der Waals surface area (Å²) in [6, 6.07) is 10.1. The zero-order valence-electron chi connectivity index (χ0n) is 17.4. The molecule has 3 aliphatic rings. The normalized spacial score (nSPS) is 28.4. The van der Waals surface area contributed by atoms with E-state index in [0.29, 0.717) is 45.7 Å². The maximum atomic E-state index is 13.3. The molecule has 3 heterocycles. The van der Waals surface area contributed by atoms with Crippen LogP contribution in [0.25, 0.3) is 0 Å². The van der Waals surface area contributed by atoms with E-state index in [1.54, 1.807) is 5.48 Å². The van der Waals surface area contributed by atoms with Crippen molar-refractivity contribution in [1.82, 2.24) is 15.3 Å². The van der Waals surface area contributed by atoms with E-state index < -0.39 is 23.8 Å². The molecule has 4 rings (SSSR count). The molecule has 9 nitrogen and oxygen atoms in total. The Morgan fingerprint density at radius 3 is 2.48 bits per heavy atom. The molecular formula is C22H29N3O6. The largest absolute Gasteiger partial charge is 0.444 e. The third kappa shape index (κ3) is 4.83. The monoisotopic (exact) mass is 431 g/mol. The van der Waals surface area contributed by atoms with Gasteiger partial charge < -0.3 is 19.3 Å². The summed E-state index contributed by atoms with van der Waals surface area (Å²) < 4.78 is 10.7. The average Bonchev–Trinajstić information content (AvgIpc) is 3.50. The van der Waals surface area contributed by atoms with Crippen LogP contribution in [0.5, 0.6) is 0 Å².